The van der Waals surface area contributed by atoms with Crippen molar-refractivity contribution in [2.45, 2.75) is 25.9 Å². The number of ether oxygens (including phenoxy) is 1. The van der Waals surface area contributed by atoms with Crippen molar-refractivity contribution in [3.05, 3.63) is 83.8 Å². The maximum Gasteiger partial charge on any atom is 0.251 e. The Morgan fingerprint density at radius 3 is 2.56 bits per heavy atom. The molecule has 0 aliphatic rings. The molecule has 4 aromatic rings. The number of nitrogens with zero attached hydrogens (tertiary/aromatic N) is 3. The van der Waals surface area contributed by atoms with Gasteiger partial charge in [-0.25, -0.2) is 9.97 Å². The lowest BCUT2D eigenvalue weighted by Crippen LogP contribution is -2.18. The molecule has 0 fully saturated rings. The summed E-state index contributed by atoms with van der Waals surface area (Å²) in [5.41, 5.74) is 5.53. The number of amides is 1. The van der Waals surface area contributed by atoms with Crippen LogP contribution in [-0.4, -0.2) is 41.6 Å². The Hall–Kier alpha value is -3.84. The quantitative estimate of drug-likeness (QED) is 0.390. The van der Waals surface area contributed by atoms with Crippen molar-refractivity contribution >= 4 is 22.6 Å². The number of hydrogen-bond donors (Lipinski definition) is 2. The number of pyridine rings is 1. The van der Waals surface area contributed by atoms with E-state index in [0.29, 0.717) is 12.1 Å². The molecule has 2 atom stereocenters. The summed E-state index contributed by atoms with van der Waals surface area (Å²) in [5.74, 6) is 0.781. The summed E-state index contributed by atoms with van der Waals surface area (Å²) in [6.07, 6.45) is 3.31. The van der Waals surface area contributed by atoms with E-state index in [0.717, 1.165) is 39.1 Å². The smallest absolute Gasteiger partial charge is 0.251 e. The molecule has 1 unspecified atom stereocenters. The van der Waals surface area contributed by atoms with Crippen molar-refractivity contribution < 1.29 is 9.53 Å². The zero-order chi connectivity index (χ0) is 24.1. The van der Waals surface area contributed by atoms with Crippen LogP contribution in [0.5, 0.6) is 0 Å². The second-order valence-corrected chi connectivity index (χ2v) is 8.25. The van der Waals surface area contributed by atoms with Crippen LogP contribution in [-0.2, 0) is 4.74 Å². The lowest BCUT2D eigenvalue weighted by molar-refractivity contribution is 0.0964. The van der Waals surface area contributed by atoms with Crippen molar-refractivity contribution in [3.8, 4) is 11.3 Å². The van der Waals surface area contributed by atoms with Gasteiger partial charge in [-0.2, -0.15) is 0 Å². The van der Waals surface area contributed by atoms with Crippen LogP contribution in [0.25, 0.3) is 22.2 Å². The van der Waals surface area contributed by atoms with E-state index in [4.69, 9.17) is 4.74 Å². The largest absolute Gasteiger partial charge is 0.377 e. The first-order valence-electron chi connectivity index (χ1n) is 11.3. The number of rotatable bonds is 8. The zero-order valence-corrected chi connectivity index (χ0v) is 19.9. The van der Waals surface area contributed by atoms with Gasteiger partial charge < -0.3 is 15.4 Å². The first-order chi connectivity index (χ1) is 16.5. The number of para-hydroxylation sites is 1. The summed E-state index contributed by atoms with van der Waals surface area (Å²) in [4.78, 5) is 25.7. The van der Waals surface area contributed by atoms with Gasteiger partial charge in [-0.05, 0) is 24.1 Å². The molecule has 7 nitrogen and oxygen atoms in total. The summed E-state index contributed by atoms with van der Waals surface area (Å²) in [7, 11) is 3.34. The molecule has 0 spiro atoms. The number of fused-ring (bicyclic) bond motifs is 1. The van der Waals surface area contributed by atoms with Crippen LogP contribution in [0.4, 0.5) is 5.82 Å². The molecule has 1 amide bonds. The number of methoxy groups -OCH3 is 1. The number of hydrogen-bond acceptors (Lipinski definition) is 6. The SMILES string of the molecule is CNC(=O)c1ccnc2c([C@H](C)CNc3cc(-c4ccc(C(C)OC)cc4)ncn3)cccc12. The molecule has 0 radical (unpaired) electrons. The van der Waals surface area contributed by atoms with Crippen LogP contribution >= 0.6 is 0 Å². The van der Waals surface area contributed by atoms with Crippen molar-refractivity contribution in [2.75, 3.05) is 26.0 Å². The third-order valence-electron chi connectivity index (χ3n) is 6.09. The maximum atomic E-state index is 12.3. The summed E-state index contributed by atoms with van der Waals surface area (Å²) in [5, 5.41) is 6.98. The predicted octanol–water partition coefficient (Wildman–Crippen LogP) is 4.97. The van der Waals surface area contributed by atoms with Crippen molar-refractivity contribution in [1.29, 1.82) is 0 Å². The average molecular weight is 456 g/mol. The van der Waals surface area contributed by atoms with E-state index in [9.17, 15) is 4.79 Å². The van der Waals surface area contributed by atoms with Crippen LogP contribution in [0.1, 0.15) is 47.4 Å². The molecule has 0 saturated heterocycles. The number of carbonyl (C=O) groups excluding carboxylic acids is 1. The van der Waals surface area contributed by atoms with Crippen molar-refractivity contribution in [1.82, 2.24) is 20.3 Å². The highest BCUT2D eigenvalue weighted by Crippen LogP contribution is 2.27. The molecule has 0 bridgehead atoms. The summed E-state index contributed by atoms with van der Waals surface area (Å²) in [6.45, 7) is 4.81. The molecule has 2 heterocycles. The van der Waals surface area contributed by atoms with E-state index in [1.54, 1.807) is 32.7 Å². The normalized spacial score (nSPS) is 12.8. The van der Waals surface area contributed by atoms with E-state index in [-0.39, 0.29) is 17.9 Å². The average Bonchev–Trinajstić information content (AvgIpc) is 2.90. The minimum atomic E-state index is -0.117. The Kier molecular flexibility index (Phi) is 7.13. The van der Waals surface area contributed by atoms with E-state index in [2.05, 4.69) is 50.7 Å². The Balaban J connectivity index is 1.51. The minimum Gasteiger partial charge on any atom is -0.377 e. The molecule has 2 aromatic carbocycles. The molecule has 0 aliphatic heterocycles. The molecule has 174 valence electrons. The molecule has 4 rings (SSSR count). The highest BCUT2D eigenvalue weighted by Gasteiger charge is 2.15. The zero-order valence-electron chi connectivity index (χ0n) is 19.9. The van der Waals surface area contributed by atoms with Gasteiger partial charge in [-0.1, -0.05) is 49.4 Å². The van der Waals surface area contributed by atoms with Crippen LogP contribution < -0.4 is 10.6 Å². The van der Waals surface area contributed by atoms with Gasteiger partial charge in [-0.3, -0.25) is 9.78 Å². The van der Waals surface area contributed by atoms with Gasteiger partial charge in [0.05, 0.1) is 22.9 Å². The number of benzene rings is 2. The second-order valence-electron chi connectivity index (χ2n) is 8.25. The number of aromatic nitrogens is 3. The lowest BCUT2D eigenvalue weighted by Gasteiger charge is -2.16. The van der Waals surface area contributed by atoms with Gasteiger partial charge >= 0.3 is 0 Å². The highest BCUT2D eigenvalue weighted by molar-refractivity contribution is 6.06. The predicted molar refractivity (Wildman–Crippen MR) is 135 cm³/mol. The number of anilines is 1. The fourth-order valence-electron chi connectivity index (χ4n) is 3.97. The van der Waals surface area contributed by atoms with Crippen LogP contribution in [0.3, 0.4) is 0 Å². The summed E-state index contributed by atoms with van der Waals surface area (Å²) in [6, 6.07) is 17.9. The molecule has 34 heavy (non-hydrogen) atoms. The summed E-state index contributed by atoms with van der Waals surface area (Å²) < 4.78 is 5.38. The monoisotopic (exact) mass is 455 g/mol. The standard InChI is InChI=1S/C27H29N5O2/c1-17(21-6-5-7-22-23(27(33)28-3)12-13-29-26(21)22)15-30-25-14-24(31-16-32-25)20-10-8-19(9-11-20)18(2)34-4/h5-14,16-18H,15H2,1-4H3,(H,28,33)(H,30,31,32)/t17-,18?/m1/s1. The third-order valence-corrected chi connectivity index (χ3v) is 6.09. The first-order valence-corrected chi connectivity index (χ1v) is 11.3. The Morgan fingerprint density at radius 1 is 1.03 bits per heavy atom. The van der Waals surface area contributed by atoms with Crippen molar-refractivity contribution in [3.63, 3.8) is 0 Å². The Morgan fingerprint density at radius 2 is 1.82 bits per heavy atom. The van der Waals surface area contributed by atoms with Gasteiger partial charge in [0.2, 0.25) is 0 Å². The van der Waals surface area contributed by atoms with Gasteiger partial charge in [0, 0.05) is 49.8 Å². The summed E-state index contributed by atoms with van der Waals surface area (Å²) >= 11 is 0. The molecule has 2 N–H and O–H groups in total. The molecule has 0 saturated carbocycles. The maximum absolute atomic E-state index is 12.3. The van der Waals surface area contributed by atoms with E-state index in [1.165, 1.54) is 0 Å². The van der Waals surface area contributed by atoms with Gasteiger partial charge in [0.1, 0.15) is 12.1 Å². The molecular weight excluding hydrogens is 426 g/mol. The van der Waals surface area contributed by atoms with E-state index in [1.807, 2.05) is 37.3 Å². The third kappa shape index (κ3) is 4.89. The number of carbonyl (C=O) groups is 1. The van der Waals surface area contributed by atoms with Crippen LogP contribution in [0.15, 0.2) is 67.1 Å². The minimum absolute atomic E-state index is 0.0501. The fraction of sp³-hybridized carbons (Fsp3) is 0.259. The van der Waals surface area contributed by atoms with Gasteiger partial charge in [0.25, 0.3) is 5.91 Å². The number of nitrogens with one attached hydrogen (secondary N) is 2. The first kappa shape index (κ1) is 23.3. The van der Waals surface area contributed by atoms with Gasteiger partial charge in [0.15, 0.2) is 0 Å². The van der Waals surface area contributed by atoms with Crippen molar-refractivity contribution in [2.24, 2.45) is 0 Å². The van der Waals surface area contributed by atoms with E-state index < -0.39 is 0 Å². The Labute approximate surface area is 199 Å². The van der Waals surface area contributed by atoms with E-state index >= 15 is 0 Å². The highest BCUT2D eigenvalue weighted by atomic mass is 16.5. The molecule has 7 heteroatoms. The Bertz CT molecular complexity index is 1290. The topological polar surface area (TPSA) is 89.0 Å². The fourth-order valence-corrected chi connectivity index (χ4v) is 3.97. The van der Waals surface area contributed by atoms with Crippen LogP contribution in [0, 0.1) is 0 Å². The molecule has 2 aromatic heterocycles. The second kappa shape index (κ2) is 10.4. The molecular formula is C27H29N5O2. The van der Waals surface area contributed by atoms with Gasteiger partial charge in [-0.15, -0.1) is 0 Å². The molecule has 0 aliphatic carbocycles. The lowest BCUT2D eigenvalue weighted by atomic mass is 9.96. The van der Waals surface area contributed by atoms with Crippen LogP contribution in [0.2, 0.25) is 0 Å².